The number of nitrogens with two attached hydrogens (primary N) is 1. The Morgan fingerprint density at radius 2 is 1.48 bits per heavy atom. The van der Waals surface area contributed by atoms with Crippen LogP contribution in [0.3, 0.4) is 0 Å². The van der Waals surface area contributed by atoms with Gasteiger partial charge in [0.15, 0.2) is 0 Å². The van der Waals surface area contributed by atoms with Crippen LogP contribution in [0.25, 0.3) is 0 Å². The van der Waals surface area contributed by atoms with Crippen molar-refractivity contribution in [3.8, 4) is 0 Å². The molecule has 1 rings (SSSR count). The van der Waals surface area contributed by atoms with Crippen molar-refractivity contribution in [2.24, 2.45) is 5.73 Å². The number of esters is 2. The third-order valence-corrected chi connectivity index (χ3v) is 4.31. The molecule has 0 bridgehead atoms. The van der Waals surface area contributed by atoms with Crippen molar-refractivity contribution in [3.63, 3.8) is 0 Å². The lowest BCUT2D eigenvalue weighted by Gasteiger charge is -2.20. The number of ether oxygens (including phenoxy) is 2. The Bertz CT molecular complexity index is 705. The van der Waals surface area contributed by atoms with Crippen LogP contribution in [0.1, 0.15) is 36.8 Å². The lowest BCUT2D eigenvalue weighted by Crippen LogP contribution is -2.51. The second-order valence-electron chi connectivity index (χ2n) is 6.60. The molecule has 1 aromatic rings. The van der Waals surface area contributed by atoms with E-state index < -0.39 is 35.8 Å². The monoisotopic (exact) mass is 407 g/mol. The average Bonchev–Trinajstić information content (AvgIpc) is 2.73. The smallest absolute Gasteiger partial charge is 0.305 e. The molecular formula is C20H29N3O6. The first-order valence-corrected chi connectivity index (χ1v) is 9.29. The van der Waals surface area contributed by atoms with Gasteiger partial charge in [-0.3, -0.25) is 19.2 Å². The van der Waals surface area contributed by atoms with Gasteiger partial charge in [0.25, 0.3) is 0 Å². The van der Waals surface area contributed by atoms with Crippen LogP contribution >= 0.6 is 0 Å². The van der Waals surface area contributed by atoms with Gasteiger partial charge in [0.2, 0.25) is 11.8 Å². The van der Waals surface area contributed by atoms with E-state index in [1.807, 2.05) is 31.2 Å². The summed E-state index contributed by atoms with van der Waals surface area (Å²) in [5, 5.41) is 5.29. The van der Waals surface area contributed by atoms with Gasteiger partial charge in [-0.2, -0.15) is 0 Å². The van der Waals surface area contributed by atoms with Gasteiger partial charge in [-0.25, -0.2) is 0 Å². The standard InChI is InChI=1S/C20H29N3O6/c1-13-4-6-14(7-5-13)12-22-20(27)16(9-11-18(25)29-3)23-19(26)15(21)8-10-17(24)28-2/h4-7,15-16H,8-12,21H2,1-3H3,(H,22,27)(H,23,26). The highest BCUT2D eigenvalue weighted by atomic mass is 16.5. The first kappa shape index (κ1) is 24.1. The molecule has 0 aliphatic heterocycles. The van der Waals surface area contributed by atoms with Crippen molar-refractivity contribution >= 4 is 23.8 Å². The van der Waals surface area contributed by atoms with Crippen molar-refractivity contribution in [1.82, 2.24) is 10.6 Å². The van der Waals surface area contributed by atoms with Crippen LogP contribution in [-0.2, 0) is 35.2 Å². The molecule has 9 heteroatoms. The van der Waals surface area contributed by atoms with Gasteiger partial charge in [-0.1, -0.05) is 29.8 Å². The Labute approximate surface area is 170 Å². The Hall–Kier alpha value is -2.94. The van der Waals surface area contributed by atoms with E-state index in [9.17, 15) is 19.2 Å². The number of rotatable bonds is 11. The number of hydrogen-bond acceptors (Lipinski definition) is 7. The number of carbonyl (C=O) groups is 4. The molecule has 2 unspecified atom stereocenters. The maximum Gasteiger partial charge on any atom is 0.305 e. The zero-order chi connectivity index (χ0) is 21.8. The van der Waals surface area contributed by atoms with Gasteiger partial charge < -0.3 is 25.8 Å². The highest BCUT2D eigenvalue weighted by molar-refractivity contribution is 5.90. The second-order valence-corrected chi connectivity index (χ2v) is 6.60. The molecule has 2 amide bonds. The maximum atomic E-state index is 12.6. The van der Waals surface area contributed by atoms with E-state index >= 15 is 0 Å². The third-order valence-electron chi connectivity index (χ3n) is 4.31. The minimum absolute atomic E-state index is 0.0163. The molecule has 0 aliphatic carbocycles. The van der Waals surface area contributed by atoms with E-state index in [0.29, 0.717) is 0 Å². The van der Waals surface area contributed by atoms with Crippen LogP contribution in [-0.4, -0.2) is 50.1 Å². The number of carbonyl (C=O) groups excluding carboxylic acids is 4. The SMILES string of the molecule is COC(=O)CCC(N)C(=O)NC(CCC(=O)OC)C(=O)NCc1ccc(C)cc1. The summed E-state index contributed by atoms with van der Waals surface area (Å²) in [6, 6.07) is 5.69. The molecule has 0 aliphatic rings. The van der Waals surface area contributed by atoms with Crippen molar-refractivity contribution in [2.75, 3.05) is 14.2 Å². The molecule has 1 aromatic carbocycles. The zero-order valence-corrected chi connectivity index (χ0v) is 17.0. The Morgan fingerprint density at radius 3 is 2.03 bits per heavy atom. The van der Waals surface area contributed by atoms with Gasteiger partial charge in [0, 0.05) is 19.4 Å². The minimum atomic E-state index is -0.986. The lowest BCUT2D eigenvalue weighted by atomic mass is 10.1. The number of benzene rings is 1. The summed E-state index contributed by atoms with van der Waals surface area (Å²) >= 11 is 0. The Balaban J connectivity index is 2.68. The molecule has 29 heavy (non-hydrogen) atoms. The molecule has 9 nitrogen and oxygen atoms in total. The molecule has 0 radical (unpaired) electrons. The van der Waals surface area contributed by atoms with E-state index in [1.54, 1.807) is 0 Å². The molecule has 0 aromatic heterocycles. The number of amides is 2. The lowest BCUT2D eigenvalue weighted by molar-refractivity contribution is -0.142. The van der Waals surface area contributed by atoms with Crippen LogP contribution < -0.4 is 16.4 Å². The summed E-state index contributed by atoms with van der Waals surface area (Å²) in [6.07, 6.45) is 0.0728. The second kappa shape index (κ2) is 12.5. The summed E-state index contributed by atoms with van der Waals surface area (Å²) in [7, 11) is 2.49. The highest BCUT2D eigenvalue weighted by Crippen LogP contribution is 2.05. The first-order chi connectivity index (χ1) is 13.8. The van der Waals surface area contributed by atoms with Gasteiger partial charge in [-0.05, 0) is 25.3 Å². The van der Waals surface area contributed by atoms with Gasteiger partial charge in [-0.15, -0.1) is 0 Å². The van der Waals surface area contributed by atoms with Crippen LogP contribution in [0.15, 0.2) is 24.3 Å². The molecule has 160 valence electrons. The zero-order valence-electron chi connectivity index (χ0n) is 17.0. The molecule has 0 heterocycles. The largest absolute Gasteiger partial charge is 0.469 e. The molecule has 0 saturated carbocycles. The predicted molar refractivity (Wildman–Crippen MR) is 105 cm³/mol. The van der Waals surface area contributed by atoms with Crippen molar-refractivity contribution in [3.05, 3.63) is 35.4 Å². The normalized spacial score (nSPS) is 12.4. The van der Waals surface area contributed by atoms with Gasteiger partial charge in [0.05, 0.1) is 20.3 Å². The van der Waals surface area contributed by atoms with E-state index in [-0.39, 0.29) is 32.2 Å². The van der Waals surface area contributed by atoms with Crippen LogP contribution in [0.2, 0.25) is 0 Å². The number of nitrogens with one attached hydrogen (secondary N) is 2. The summed E-state index contributed by atoms with van der Waals surface area (Å²) < 4.78 is 9.11. The molecule has 0 fully saturated rings. The summed E-state index contributed by atoms with van der Waals surface area (Å²) in [5.41, 5.74) is 7.79. The van der Waals surface area contributed by atoms with Crippen LogP contribution in [0, 0.1) is 6.92 Å². The van der Waals surface area contributed by atoms with E-state index in [1.165, 1.54) is 14.2 Å². The fourth-order valence-electron chi connectivity index (χ4n) is 2.44. The van der Waals surface area contributed by atoms with Gasteiger partial charge >= 0.3 is 11.9 Å². The molecular weight excluding hydrogens is 378 g/mol. The van der Waals surface area contributed by atoms with E-state index in [4.69, 9.17) is 5.73 Å². The van der Waals surface area contributed by atoms with E-state index in [0.717, 1.165) is 11.1 Å². The highest BCUT2D eigenvalue weighted by Gasteiger charge is 2.25. The average molecular weight is 407 g/mol. The third kappa shape index (κ3) is 9.20. The van der Waals surface area contributed by atoms with E-state index in [2.05, 4.69) is 20.1 Å². The van der Waals surface area contributed by atoms with Crippen molar-refractivity contribution in [1.29, 1.82) is 0 Å². The summed E-state index contributed by atoms with van der Waals surface area (Å²) in [4.78, 5) is 47.5. The van der Waals surface area contributed by atoms with Crippen molar-refractivity contribution < 1.29 is 28.7 Å². The number of methoxy groups -OCH3 is 2. The van der Waals surface area contributed by atoms with Crippen molar-refractivity contribution in [2.45, 2.75) is 51.2 Å². The fraction of sp³-hybridized carbons (Fsp3) is 0.500. The summed E-state index contributed by atoms with van der Waals surface area (Å²) in [6.45, 7) is 2.24. The minimum Gasteiger partial charge on any atom is -0.469 e. The topological polar surface area (TPSA) is 137 Å². The Morgan fingerprint density at radius 1 is 0.931 bits per heavy atom. The summed E-state index contributed by atoms with van der Waals surface area (Å²) in [5.74, 6) is -2.01. The molecule has 0 spiro atoms. The predicted octanol–water partition coefficient (Wildman–Crippen LogP) is 0.330. The van der Waals surface area contributed by atoms with Gasteiger partial charge in [0.1, 0.15) is 6.04 Å². The van der Waals surface area contributed by atoms with Crippen LogP contribution in [0.4, 0.5) is 0 Å². The number of hydrogen-bond donors (Lipinski definition) is 3. The van der Waals surface area contributed by atoms with Crippen LogP contribution in [0.5, 0.6) is 0 Å². The Kier molecular flexibility index (Phi) is 10.4. The molecule has 0 saturated heterocycles. The first-order valence-electron chi connectivity index (χ1n) is 9.29. The quantitative estimate of drug-likeness (QED) is 0.450. The number of aryl methyl sites for hydroxylation is 1. The maximum absolute atomic E-state index is 12.6. The molecule has 4 N–H and O–H groups in total. The fourth-order valence-corrected chi connectivity index (χ4v) is 2.44. The molecule has 2 atom stereocenters.